The Balaban J connectivity index is 1.89. The molecular formula is C18H25N3. The lowest BCUT2D eigenvalue weighted by Gasteiger charge is -2.28. The summed E-state index contributed by atoms with van der Waals surface area (Å²) in [4.78, 5) is 7.18. The number of rotatable bonds is 6. The first-order valence-corrected chi connectivity index (χ1v) is 8.20. The Morgan fingerprint density at radius 2 is 2.19 bits per heavy atom. The fraction of sp³-hybridized carbons (Fsp3) is 0.500. The molecule has 3 heteroatoms. The van der Waals surface area contributed by atoms with Crippen LogP contribution in [0.4, 0.5) is 5.82 Å². The molecule has 0 saturated carbocycles. The first kappa shape index (κ1) is 14.3. The Bertz CT molecular complexity index is 570. The van der Waals surface area contributed by atoms with Gasteiger partial charge in [0.15, 0.2) is 0 Å². The van der Waals surface area contributed by atoms with Crippen LogP contribution in [-0.4, -0.2) is 30.7 Å². The molecule has 112 valence electrons. The van der Waals surface area contributed by atoms with Gasteiger partial charge in [0.1, 0.15) is 5.82 Å². The fourth-order valence-electron chi connectivity index (χ4n) is 3.17. The molecule has 1 unspecified atom stereocenters. The van der Waals surface area contributed by atoms with E-state index in [1.807, 2.05) is 6.20 Å². The quantitative estimate of drug-likeness (QED) is 0.878. The van der Waals surface area contributed by atoms with Crippen LogP contribution in [0, 0.1) is 0 Å². The molecule has 3 rings (SSSR count). The van der Waals surface area contributed by atoms with Gasteiger partial charge in [-0.1, -0.05) is 37.6 Å². The number of nitrogens with one attached hydrogen (secondary N) is 1. The minimum Gasteiger partial charge on any atom is -0.355 e. The fourth-order valence-corrected chi connectivity index (χ4v) is 3.17. The standard InChI is InChI=1S/C18H25N3/c1-2-3-13-21(14-16-8-6-11-19-16)18-17-9-5-4-7-15(17)10-12-20-18/h4-5,7,9-10,12,16,19H,2-3,6,8,11,13-14H2,1H3. The lowest BCUT2D eigenvalue weighted by molar-refractivity contribution is 0.570. The molecule has 1 aromatic carbocycles. The second kappa shape index (κ2) is 6.90. The van der Waals surface area contributed by atoms with E-state index in [4.69, 9.17) is 4.98 Å². The Morgan fingerprint density at radius 1 is 1.29 bits per heavy atom. The van der Waals surface area contributed by atoms with E-state index >= 15 is 0 Å². The van der Waals surface area contributed by atoms with E-state index in [0.29, 0.717) is 6.04 Å². The SMILES string of the molecule is CCCCN(CC1CCCN1)c1nccc2ccccc12. The molecule has 1 fully saturated rings. The highest BCUT2D eigenvalue weighted by Crippen LogP contribution is 2.25. The molecule has 1 N–H and O–H groups in total. The topological polar surface area (TPSA) is 28.2 Å². The zero-order valence-electron chi connectivity index (χ0n) is 12.9. The van der Waals surface area contributed by atoms with Gasteiger partial charge in [0.05, 0.1) is 0 Å². The van der Waals surface area contributed by atoms with E-state index in [-0.39, 0.29) is 0 Å². The van der Waals surface area contributed by atoms with Crippen LogP contribution in [-0.2, 0) is 0 Å². The summed E-state index contributed by atoms with van der Waals surface area (Å²) < 4.78 is 0. The van der Waals surface area contributed by atoms with E-state index in [1.165, 1.54) is 36.5 Å². The first-order chi connectivity index (χ1) is 10.4. The molecule has 2 heterocycles. The predicted octanol–water partition coefficient (Wildman–Crippen LogP) is 3.59. The third-order valence-corrected chi connectivity index (χ3v) is 4.34. The van der Waals surface area contributed by atoms with Gasteiger partial charge in [-0.05, 0) is 37.3 Å². The molecule has 1 aliphatic heterocycles. The Hall–Kier alpha value is -1.61. The van der Waals surface area contributed by atoms with E-state index in [0.717, 1.165) is 25.5 Å². The molecule has 1 aliphatic rings. The maximum Gasteiger partial charge on any atom is 0.136 e. The van der Waals surface area contributed by atoms with Gasteiger partial charge in [0, 0.05) is 30.7 Å². The summed E-state index contributed by atoms with van der Waals surface area (Å²) in [6, 6.07) is 11.3. The van der Waals surface area contributed by atoms with E-state index in [2.05, 4.69) is 47.5 Å². The maximum atomic E-state index is 4.70. The summed E-state index contributed by atoms with van der Waals surface area (Å²) >= 11 is 0. The summed E-state index contributed by atoms with van der Waals surface area (Å²) in [6.07, 6.45) is 6.97. The van der Waals surface area contributed by atoms with Gasteiger partial charge in [-0.2, -0.15) is 0 Å². The molecule has 0 amide bonds. The molecule has 1 atom stereocenters. The van der Waals surface area contributed by atoms with Gasteiger partial charge in [-0.3, -0.25) is 0 Å². The smallest absolute Gasteiger partial charge is 0.136 e. The van der Waals surface area contributed by atoms with E-state index < -0.39 is 0 Å². The Kier molecular flexibility index (Phi) is 4.71. The third-order valence-electron chi connectivity index (χ3n) is 4.34. The van der Waals surface area contributed by atoms with Crippen molar-refractivity contribution in [1.82, 2.24) is 10.3 Å². The average Bonchev–Trinajstić information content (AvgIpc) is 3.04. The number of hydrogen-bond donors (Lipinski definition) is 1. The van der Waals surface area contributed by atoms with Crippen LogP contribution in [0.15, 0.2) is 36.5 Å². The van der Waals surface area contributed by atoms with Gasteiger partial charge in [0.2, 0.25) is 0 Å². The van der Waals surface area contributed by atoms with Crippen LogP contribution in [0.5, 0.6) is 0 Å². The summed E-state index contributed by atoms with van der Waals surface area (Å²) in [5.41, 5.74) is 0. The lowest BCUT2D eigenvalue weighted by atomic mass is 10.1. The molecule has 1 aromatic heterocycles. The molecule has 21 heavy (non-hydrogen) atoms. The Labute approximate surface area is 127 Å². The van der Waals surface area contributed by atoms with E-state index in [9.17, 15) is 0 Å². The van der Waals surface area contributed by atoms with Crippen LogP contribution in [0.2, 0.25) is 0 Å². The van der Waals surface area contributed by atoms with Crippen molar-refractivity contribution in [3.05, 3.63) is 36.5 Å². The number of hydrogen-bond acceptors (Lipinski definition) is 3. The summed E-state index contributed by atoms with van der Waals surface area (Å²) in [5.74, 6) is 1.15. The van der Waals surface area contributed by atoms with Crippen LogP contribution in [0.1, 0.15) is 32.6 Å². The van der Waals surface area contributed by atoms with Gasteiger partial charge >= 0.3 is 0 Å². The van der Waals surface area contributed by atoms with Crippen LogP contribution in [0.3, 0.4) is 0 Å². The van der Waals surface area contributed by atoms with Crippen molar-refractivity contribution in [3.63, 3.8) is 0 Å². The Morgan fingerprint density at radius 3 is 3.00 bits per heavy atom. The lowest BCUT2D eigenvalue weighted by Crippen LogP contribution is -2.38. The molecule has 0 aliphatic carbocycles. The average molecular weight is 283 g/mol. The number of pyridine rings is 1. The van der Waals surface area contributed by atoms with Crippen LogP contribution < -0.4 is 10.2 Å². The van der Waals surface area contributed by atoms with Gasteiger partial charge in [0.25, 0.3) is 0 Å². The van der Waals surface area contributed by atoms with Gasteiger partial charge in [-0.15, -0.1) is 0 Å². The molecule has 0 spiro atoms. The van der Waals surface area contributed by atoms with Crippen molar-refractivity contribution in [2.24, 2.45) is 0 Å². The first-order valence-electron chi connectivity index (χ1n) is 8.20. The third kappa shape index (κ3) is 3.35. The number of unbranched alkanes of at least 4 members (excludes halogenated alkanes) is 1. The second-order valence-corrected chi connectivity index (χ2v) is 5.95. The zero-order chi connectivity index (χ0) is 14.5. The highest BCUT2D eigenvalue weighted by molar-refractivity contribution is 5.92. The summed E-state index contributed by atoms with van der Waals surface area (Å²) in [5, 5.41) is 6.17. The largest absolute Gasteiger partial charge is 0.355 e. The molecule has 0 radical (unpaired) electrons. The monoisotopic (exact) mass is 283 g/mol. The maximum absolute atomic E-state index is 4.70. The van der Waals surface area contributed by atoms with E-state index in [1.54, 1.807) is 0 Å². The number of anilines is 1. The van der Waals surface area contributed by atoms with Crippen molar-refractivity contribution < 1.29 is 0 Å². The van der Waals surface area contributed by atoms with Crippen LogP contribution >= 0.6 is 0 Å². The second-order valence-electron chi connectivity index (χ2n) is 5.95. The molecule has 2 aromatic rings. The number of aromatic nitrogens is 1. The predicted molar refractivity (Wildman–Crippen MR) is 89.9 cm³/mol. The van der Waals surface area contributed by atoms with Crippen molar-refractivity contribution in [2.75, 3.05) is 24.5 Å². The van der Waals surface area contributed by atoms with Crippen molar-refractivity contribution in [2.45, 2.75) is 38.6 Å². The highest BCUT2D eigenvalue weighted by atomic mass is 15.2. The minimum atomic E-state index is 0.614. The minimum absolute atomic E-state index is 0.614. The summed E-state index contributed by atoms with van der Waals surface area (Å²) in [7, 11) is 0. The molecule has 3 nitrogen and oxygen atoms in total. The number of nitrogens with zero attached hydrogens (tertiary/aromatic N) is 2. The highest BCUT2D eigenvalue weighted by Gasteiger charge is 2.19. The normalized spacial score (nSPS) is 18.2. The van der Waals surface area contributed by atoms with Crippen molar-refractivity contribution in [3.8, 4) is 0 Å². The van der Waals surface area contributed by atoms with Crippen LogP contribution in [0.25, 0.3) is 10.8 Å². The molecule has 0 bridgehead atoms. The summed E-state index contributed by atoms with van der Waals surface area (Å²) in [6.45, 7) is 5.58. The van der Waals surface area contributed by atoms with Crippen molar-refractivity contribution in [1.29, 1.82) is 0 Å². The van der Waals surface area contributed by atoms with Gasteiger partial charge < -0.3 is 10.2 Å². The van der Waals surface area contributed by atoms with Crippen molar-refractivity contribution >= 4 is 16.6 Å². The zero-order valence-corrected chi connectivity index (χ0v) is 12.9. The molecule has 1 saturated heterocycles. The molecular weight excluding hydrogens is 258 g/mol. The number of fused-ring (bicyclic) bond motifs is 1. The number of benzene rings is 1. The van der Waals surface area contributed by atoms with Gasteiger partial charge in [-0.25, -0.2) is 4.98 Å².